The van der Waals surface area contributed by atoms with Crippen LogP contribution in [0, 0.1) is 6.92 Å². The van der Waals surface area contributed by atoms with Crippen LogP contribution >= 0.6 is 11.6 Å². The predicted molar refractivity (Wildman–Crippen MR) is 83.5 cm³/mol. The van der Waals surface area contributed by atoms with Crippen LogP contribution in [0.1, 0.15) is 22.8 Å². The van der Waals surface area contributed by atoms with E-state index < -0.39 is 0 Å². The van der Waals surface area contributed by atoms with E-state index in [1.807, 2.05) is 49.4 Å². The Balaban J connectivity index is 2.32. The van der Waals surface area contributed by atoms with Crippen LogP contribution in [-0.4, -0.2) is 10.8 Å². The van der Waals surface area contributed by atoms with Gasteiger partial charge >= 0.3 is 0 Å². The fourth-order valence-corrected chi connectivity index (χ4v) is 2.63. The molecule has 0 fully saturated rings. The predicted octanol–water partition coefficient (Wildman–Crippen LogP) is 5.00. The van der Waals surface area contributed by atoms with E-state index in [2.05, 4.69) is 4.98 Å². The molecule has 0 spiro atoms. The van der Waals surface area contributed by atoms with Crippen molar-refractivity contribution in [2.24, 2.45) is 0 Å². The minimum absolute atomic E-state index is 0.0619. The Hall–Kier alpha value is -2.06. The number of aryl methyl sites for hydroxylation is 1. The Morgan fingerprint density at radius 2 is 1.80 bits per heavy atom. The Bertz CT molecular complexity index is 800. The lowest BCUT2D eigenvalue weighted by Gasteiger charge is -2.02. The molecule has 0 saturated carbocycles. The molecule has 0 radical (unpaired) electrons. The van der Waals surface area contributed by atoms with Gasteiger partial charge in [-0.3, -0.25) is 4.79 Å². The number of benzene rings is 2. The molecule has 0 saturated heterocycles. The molecule has 100 valence electrons. The molecule has 0 aliphatic rings. The van der Waals surface area contributed by atoms with Crippen LogP contribution in [0.15, 0.2) is 42.5 Å². The first-order valence-electron chi connectivity index (χ1n) is 6.45. The van der Waals surface area contributed by atoms with E-state index >= 15 is 0 Å². The number of H-pyrrole nitrogens is 1. The van der Waals surface area contributed by atoms with Crippen molar-refractivity contribution in [2.45, 2.75) is 13.8 Å². The Morgan fingerprint density at radius 3 is 2.45 bits per heavy atom. The van der Waals surface area contributed by atoms with Crippen molar-refractivity contribution in [3.05, 3.63) is 58.6 Å². The molecule has 0 unspecified atom stereocenters. The van der Waals surface area contributed by atoms with Gasteiger partial charge in [-0.05, 0) is 43.7 Å². The molecular weight excluding hydrogens is 270 g/mol. The highest BCUT2D eigenvalue weighted by Crippen LogP contribution is 2.31. The van der Waals surface area contributed by atoms with E-state index in [0.29, 0.717) is 5.02 Å². The molecule has 2 nitrogen and oxygen atoms in total. The van der Waals surface area contributed by atoms with Gasteiger partial charge in [-0.1, -0.05) is 35.4 Å². The summed E-state index contributed by atoms with van der Waals surface area (Å²) < 4.78 is 0. The zero-order valence-electron chi connectivity index (χ0n) is 11.3. The fraction of sp³-hybridized carbons (Fsp3) is 0.118. The first-order valence-corrected chi connectivity index (χ1v) is 6.83. The normalized spacial score (nSPS) is 10.9. The molecule has 3 rings (SSSR count). The number of carbonyl (C=O) groups excluding carboxylic acids is 1. The van der Waals surface area contributed by atoms with Gasteiger partial charge in [0.15, 0.2) is 5.78 Å². The second kappa shape index (κ2) is 4.80. The van der Waals surface area contributed by atoms with Crippen molar-refractivity contribution >= 4 is 28.3 Å². The second-order valence-corrected chi connectivity index (χ2v) is 5.42. The van der Waals surface area contributed by atoms with Crippen LogP contribution in [0.25, 0.3) is 22.2 Å². The van der Waals surface area contributed by atoms with Crippen LogP contribution in [0.2, 0.25) is 5.02 Å². The number of Topliss-reactive ketones (excluding diaryl/α,β-unsaturated/α-hetero) is 1. The third-order valence-corrected chi connectivity index (χ3v) is 3.69. The maximum absolute atomic E-state index is 12.0. The van der Waals surface area contributed by atoms with Crippen molar-refractivity contribution in [2.75, 3.05) is 0 Å². The number of ketones is 1. The SMILES string of the molecule is CC(=O)c1c(-c2ccc(Cl)cc2)[nH]c2ccc(C)cc12. The molecule has 0 aliphatic carbocycles. The van der Waals surface area contributed by atoms with E-state index in [1.165, 1.54) is 0 Å². The molecule has 2 aromatic carbocycles. The van der Waals surface area contributed by atoms with Crippen LogP contribution in [-0.2, 0) is 0 Å². The number of hydrogen-bond acceptors (Lipinski definition) is 1. The summed E-state index contributed by atoms with van der Waals surface area (Å²) >= 11 is 5.92. The highest BCUT2D eigenvalue weighted by atomic mass is 35.5. The average molecular weight is 284 g/mol. The highest BCUT2D eigenvalue weighted by molar-refractivity contribution is 6.30. The zero-order valence-corrected chi connectivity index (χ0v) is 12.1. The van der Waals surface area contributed by atoms with Gasteiger partial charge in [-0.15, -0.1) is 0 Å². The molecule has 0 amide bonds. The van der Waals surface area contributed by atoms with Gasteiger partial charge in [0.1, 0.15) is 0 Å². The number of rotatable bonds is 2. The van der Waals surface area contributed by atoms with Gasteiger partial charge in [-0.25, -0.2) is 0 Å². The quantitative estimate of drug-likeness (QED) is 0.660. The van der Waals surface area contributed by atoms with Crippen molar-refractivity contribution in [1.29, 1.82) is 0 Å². The second-order valence-electron chi connectivity index (χ2n) is 4.99. The first-order chi connectivity index (χ1) is 9.56. The number of aromatic nitrogens is 1. The molecule has 0 atom stereocenters. The summed E-state index contributed by atoms with van der Waals surface area (Å²) in [5, 5.41) is 1.66. The molecular formula is C17H14ClNO. The van der Waals surface area contributed by atoms with Crippen LogP contribution in [0.5, 0.6) is 0 Å². The summed E-state index contributed by atoms with van der Waals surface area (Å²) in [5.74, 6) is 0.0619. The summed E-state index contributed by atoms with van der Waals surface area (Å²) in [6.45, 7) is 3.63. The zero-order chi connectivity index (χ0) is 14.3. The van der Waals surface area contributed by atoms with Gasteiger partial charge in [-0.2, -0.15) is 0 Å². The average Bonchev–Trinajstić information content (AvgIpc) is 2.78. The summed E-state index contributed by atoms with van der Waals surface area (Å²) in [5.41, 5.74) is 4.68. The Morgan fingerprint density at radius 1 is 1.10 bits per heavy atom. The molecule has 0 aliphatic heterocycles. The molecule has 1 aromatic heterocycles. The van der Waals surface area contributed by atoms with E-state index in [0.717, 1.165) is 33.3 Å². The summed E-state index contributed by atoms with van der Waals surface area (Å²) in [6, 6.07) is 13.6. The van der Waals surface area contributed by atoms with Crippen LogP contribution in [0.3, 0.4) is 0 Å². The van der Waals surface area contributed by atoms with E-state index in [-0.39, 0.29) is 5.78 Å². The van der Waals surface area contributed by atoms with Crippen molar-refractivity contribution in [3.8, 4) is 11.3 Å². The van der Waals surface area contributed by atoms with E-state index in [1.54, 1.807) is 6.92 Å². The number of carbonyl (C=O) groups is 1. The number of aromatic amines is 1. The van der Waals surface area contributed by atoms with Crippen molar-refractivity contribution < 1.29 is 4.79 Å². The smallest absolute Gasteiger partial charge is 0.162 e. The van der Waals surface area contributed by atoms with Crippen molar-refractivity contribution in [3.63, 3.8) is 0 Å². The topological polar surface area (TPSA) is 32.9 Å². The minimum atomic E-state index is 0.0619. The number of halogens is 1. The third kappa shape index (κ3) is 2.12. The maximum atomic E-state index is 12.0. The molecule has 1 heterocycles. The number of hydrogen-bond donors (Lipinski definition) is 1. The monoisotopic (exact) mass is 283 g/mol. The molecule has 20 heavy (non-hydrogen) atoms. The Kier molecular flexibility index (Phi) is 3.11. The first kappa shape index (κ1) is 12.9. The Labute approximate surface area is 122 Å². The molecule has 3 aromatic rings. The summed E-state index contributed by atoms with van der Waals surface area (Å²) in [7, 11) is 0. The van der Waals surface area contributed by atoms with E-state index in [4.69, 9.17) is 11.6 Å². The van der Waals surface area contributed by atoms with Gasteiger partial charge in [0, 0.05) is 15.9 Å². The van der Waals surface area contributed by atoms with Gasteiger partial charge in [0.2, 0.25) is 0 Å². The van der Waals surface area contributed by atoms with Gasteiger partial charge < -0.3 is 4.98 Å². The van der Waals surface area contributed by atoms with Crippen molar-refractivity contribution in [1.82, 2.24) is 4.98 Å². The summed E-state index contributed by atoms with van der Waals surface area (Å²) in [6.07, 6.45) is 0. The molecule has 3 heteroatoms. The summed E-state index contributed by atoms with van der Waals surface area (Å²) in [4.78, 5) is 15.4. The fourth-order valence-electron chi connectivity index (χ4n) is 2.50. The highest BCUT2D eigenvalue weighted by Gasteiger charge is 2.16. The number of nitrogens with one attached hydrogen (secondary N) is 1. The van der Waals surface area contributed by atoms with E-state index in [9.17, 15) is 4.79 Å². The van der Waals surface area contributed by atoms with Gasteiger partial charge in [0.05, 0.1) is 11.3 Å². The maximum Gasteiger partial charge on any atom is 0.162 e. The lowest BCUT2D eigenvalue weighted by molar-refractivity contribution is 0.102. The van der Waals surface area contributed by atoms with Crippen LogP contribution < -0.4 is 0 Å². The third-order valence-electron chi connectivity index (χ3n) is 3.44. The molecule has 0 bridgehead atoms. The van der Waals surface area contributed by atoms with Crippen LogP contribution in [0.4, 0.5) is 0 Å². The lowest BCUT2D eigenvalue weighted by Crippen LogP contribution is -1.94. The minimum Gasteiger partial charge on any atom is -0.354 e. The number of fused-ring (bicyclic) bond motifs is 1. The largest absolute Gasteiger partial charge is 0.354 e. The van der Waals surface area contributed by atoms with Gasteiger partial charge in [0.25, 0.3) is 0 Å². The lowest BCUT2D eigenvalue weighted by atomic mass is 10.0. The molecule has 1 N–H and O–H groups in total. The standard InChI is InChI=1S/C17H14ClNO/c1-10-3-8-15-14(9-10)16(11(2)20)17(19-15)12-4-6-13(18)7-5-12/h3-9,19H,1-2H3.